The molecule has 0 spiro atoms. The monoisotopic (exact) mass is 310 g/mol. The van der Waals surface area contributed by atoms with Gasteiger partial charge in [0.2, 0.25) is 5.88 Å². The van der Waals surface area contributed by atoms with Crippen LogP contribution in [0.2, 0.25) is 0 Å². The van der Waals surface area contributed by atoms with E-state index in [1.165, 1.54) is 0 Å². The molecule has 1 aromatic heterocycles. The van der Waals surface area contributed by atoms with Crippen molar-refractivity contribution < 1.29 is 4.74 Å². The quantitative estimate of drug-likeness (QED) is 0.662. The molecule has 110 valence electrons. The van der Waals surface area contributed by atoms with E-state index in [1.807, 2.05) is 55.7 Å². The molecule has 0 unspecified atom stereocenters. The summed E-state index contributed by atoms with van der Waals surface area (Å²) >= 11 is 0. The Kier molecular flexibility index (Phi) is 3.73. The first-order valence-corrected chi connectivity index (χ1v) is 6.89. The molecule has 0 radical (unpaired) electrons. The second-order valence-electron chi connectivity index (χ2n) is 5.03. The molecule has 2 heterocycles. The molecule has 0 fully saturated rings. The van der Waals surface area contributed by atoms with Crippen LogP contribution in [0.25, 0.3) is 17.0 Å². The Morgan fingerprint density at radius 2 is 1.77 bits per heavy atom. The maximum atomic E-state index is 5.94. The molecule has 3 nitrogen and oxygen atoms in total. The predicted molar refractivity (Wildman–Crippen MR) is 92.4 cm³/mol. The minimum absolute atomic E-state index is 0. The van der Waals surface area contributed by atoms with E-state index >= 15 is 0 Å². The summed E-state index contributed by atoms with van der Waals surface area (Å²) in [4.78, 5) is 6.45. The average molecular weight is 311 g/mol. The minimum atomic E-state index is 0. The molecular weight excluding hydrogens is 296 g/mol. The second kappa shape index (κ2) is 5.70. The fraction of sp³-hybridized carbons (Fsp3) is 0.0556. The highest BCUT2D eigenvalue weighted by Gasteiger charge is 2.22. The van der Waals surface area contributed by atoms with E-state index in [4.69, 9.17) is 4.74 Å². The minimum Gasteiger partial charge on any atom is -0.439 e. The van der Waals surface area contributed by atoms with E-state index in [9.17, 15) is 0 Å². The third kappa shape index (κ3) is 2.30. The van der Waals surface area contributed by atoms with Crippen LogP contribution >= 0.6 is 12.4 Å². The highest BCUT2D eigenvalue weighted by molar-refractivity contribution is 5.88. The molecular formula is C18H15ClN2O. The number of benzene rings is 2. The summed E-state index contributed by atoms with van der Waals surface area (Å²) in [5.74, 6) is 1.72. The number of rotatable bonds is 1. The fourth-order valence-corrected chi connectivity index (χ4v) is 2.62. The molecule has 4 rings (SSSR count). The SMILES string of the molecule is CN1C(=Cc2ccnc3ccccc23)Oc2ccccc21.Cl. The van der Waals surface area contributed by atoms with Crippen LogP contribution in [0, 0.1) is 0 Å². The van der Waals surface area contributed by atoms with Crippen molar-refractivity contribution in [2.24, 2.45) is 0 Å². The van der Waals surface area contributed by atoms with Gasteiger partial charge in [0.15, 0.2) is 5.75 Å². The number of hydrogen-bond donors (Lipinski definition) is 0. The Labute approximate surface area is 135 Å². The standard InChI is InChI=1S/C18H14N2O.ClH/c1-20-16-8-4-5-9-17(16)21-18(20)12-13-10-11-19-15-7-3-2-6-14(13)15;/h2-12H,1H3;1H. The number of hydrogen-bond acceptors (Lipinski definition) is 3. The van der Waals surface area contributed by atoms with E-state index in [1.54, 1.807) is 0 Å². The average Bonchev–Trinajstić information content (AvgIpc) is 2.85. The predicted octanol–water partition coefficient (Wildman–Crippen LogP) is 4.48. The first kappa shape index (κ1) is 14.4. The van der Waals surface area contributed by atoms with Gasteiger partial charge in [-0.15, -0.1) is 12.4 Å². The van der Waals surface area contributed by atoms with E-state index in [2.05, 4.69) is 28.1 Å². The normalized spacial score (nSPS) is 14.6. The Morgan fingerprint density at radius 3 is 2.64 bits per heavy atom. The zero-order valence-electron chi connectivity index (χ0n) is 12.1. The molecule has 0 N–H and O–H groups in total. The van der Waals surface area contributed by atoms with Crippen molar-refractivity contribution in [3.8, 4) is 5.75 Å². The van der Waals surface area contributed by atoms with E-state index in [0.717, 1.165) is 33.8 Å². The van der Waals surface area contributed by atoms with Crippen molar-refractivity contribution in [2.75, 3.05) is 11.9 Å². The van der Waals surface area contributed by atoms with Gasteiger partial charge in [-0.2, -0.15) is 0 Å². The number of para-hydroxylation sites is 3. The highest BCUT2D eigenvalue weighted by atomic mass is 35.5. The topological polar surface area (TPSA) is 25.4 Å². The van der Waals surface area contributed by atoms with E-state index in [0.29, 0.717) is 0 Å². The van der Waals surface area contributed by atoms with Crippen molar-refractivity contribution in [1.29, 1.82) is 0 Å². The van der Waals surface area contributed by atoms with Gasteiger partial charge in [-0.25, -0.2) is 0 Å². The summed E-state index contributed by atoms with van der Waals surface area (Å²) < 4.78 is 5.94. The van der Waals surface area contributed by atoms with Crippen molar-refractivity contribution in [2.45, 2.75) is 0 Å². The lowest BCUT2D eigenvalue weighted by Gasteiger charge is -2.11. The van der Waals surface area contributed by atoms with Crippen molar-refractivity contribution >= 4 is 35.1 Å². The Bertz CT molecular complexity index is 855. The number of anilines is 1. The van der Waals surface area contributed by atoms with Crippen LogP contribution in [0.4, 0.5) is 5.69 Å². The van der Waals surface area contributed by atoms with Crippen LogP contribution < -0.4 is 9.64 Å². The maximum absolute atomic E-state index is 5.94. The summed E-state index contributed by atoms with van der Waals surface area (Å²) in [6.45, 7) is 0. The molecule has 0 bridgehead atoms. The molecule has 0 aliphatic carbocycles. The molecule has 1 aliphatic rings. The molecule has 3 aromatic rings. The first-order chi connectivity index (χ1) is 10.3. The smallest absolute Gasteiger partial charge is 0.201 e. The summed E-state index contributed by atoms with van der Waals surface area (Å²) in [6, 6.07) is 18.2. The molecule has 0 atom stereocenters. The molecule has 0 amide bonds. The van der Waals surface area contributed by atoms with Gasteiger partial charge in [0, 0.05) is 24.7 Å². The number of halogens is 1. The van der Waals surface area contributed by atoms with Crippen molar-refractivity contribution in [3.05, 3.63) is 72.2 Å². The lowest BCUT2D eigenvalue weighted by Crippen LogP contribution is -2.12. The lowest BCUT2D eigenvalue weighted by molar-refractivity contribution is 0.449. The van der Waals surface area contributed by atoms with Gasteiger partial charge >= 0.3 is 0 Å². The zero-order valence-corrected chi connectivity index (χ0v) is 12.9. The number of fused-ring (bicyclic) bond motifs is 2. The van der Waals surface area contributed by atoms with Gasteiger partial charge in [-0.1, -0.05) is 30.3 Å². The van der Waals surface area contributed by atoms with Gasteiger partial charge < -0.3 is 9.64 Å². The van der Waals surface area contributed by atoms with Crippen LogP contribution in [0.1, 0.15) is 5.56 Å². The zero-order chi connectivity index (χ0) is 14.2. The third-order valence-electron chi connectivity index (χ3n) is 3.73. The fourth-order valence-electron chi connectivity index (χ4n) is 2.62. The Morgan fingerprint density at radius 1 is 1.00 bits per heavy atom. The van der Waals surface area contributed by atoms with E-state index in [-0.39, 0.29) is 12.4 Å². The molecule has 0 saturated heterocycles. The lowest BCUT2D eigenvalue weighted by atomic mass is 10.1. The number of aromatic nitrogens is 1. The number of ether oxygens (including phenoxy) is 1. The van der Waals surface area contributed by atoms with Crippen LogP contribution in [0.15, 0.2) is 66.7 Å². The summed E-state index contributed by atoms with van der Waals surface area (Å²) in [5.41, 5.74) is 3.18. The Balaban J connectivity index is 0.00000144. The molecule has 1 aliphatic heterocycles. The number of pyridine rings is 1. The van der Waals surface area contributed by atoms with Crippen LogP contribution in [-0.4, -0.2) is 12.0 Å². The summed E-state index contributed by atoms with van der Waals surface area (Å²) in [6.07, 6.45) is 3.89. The van der Waals surface area contributed by atoms with Crippen LogP contribution in [0.3, 0.4) is 0 Å². The largest absolute Gasteiger partial charge is 0.439 e. The molecule has 22 heavy (non-hydrogen) atoms. The first-order valence-electron chi connectivity index (χ1n) is 6.89. The Hall–Kier alpha value is -2.52. The van der Waals surface area contributed by atoms with Crippen molar-refractivity contribution in [1.82, 2.24) is 4.98 Å². The van der Waals surface area contributed by atoms with Crippen LogP contribution in [-0.2, 0) is 0 Å². The number of nitrogens with zero attached hydrogens (tertiary/aromatic N) is 2. The molecule has 4 heteroatoms. The van der Waals surface area contributed by atoms with Gasteiger partial charge in [-0.3, -0.25) is 4.98 Å². The van der Waals surface area contributed by atoms with E-state index < -0.39 is 0 Å². The third-order valence-corrected chi connectivity index (χ3v) is 3.73. The molecule has 2 aromatic carbocycles. The highest BCUT2D eigenvalue weighted by Crippen LogP contribution is 2.38. The van der Waals surface area contributed by atoms with Gasteiger partial charge in [-0.05, 0) is 29.8 Å². The summed E-state index contributed by atoms with van der Waals surface area (Å²) in [5, 5.41) is 1.13. The molecule has 0 saturated carbocycles. The maximum Gasteiger partial charge on any atom is 0.201 e. The van der Waals surface area contributed by atoms with Crippen LogP contribution in [0.5, 0.6) is 5.75 Å². The van der Waals surface area contributed by atoms with Gasteiger partial charge in [0.05, 0.1) is 11.2 Å². The van der Waals surface area contributed by atoms with Gasteiger partial charge in [0.25, 0.3) is 0 Å². The summed E-state index contributed by atoms with van der Waals surface area (Å²) in [7, 11) is 2.01. The van der Waals surface area contributed by atoms with Crippen molar-refractivity contribution in [3.63, 3.8) is 0 Å². The van der Waals surface area contributed by atoms with Gasteiger partial charge in [0.1, 0.15) is 0 Å². The second-order valence-corrected chi connectivity index (χ2v) is 5.03.